The smallest absolute Gasteiger partial charge is 0.268 e. The Morgan fingerprint density at radius 3 is 2.50 bits per heavy atom. The maximum Gasteiger partial charge on any atom is 0.268 e. The predicted molar refractivity (Wildman–Crippen MR) is 116 cm³/mol. The van der Waals surface area contributed by atoms with Crippen molar-refractivity contribution >= 4 is 29.3 Å². The second kappa shape index (κ2) is 7.70. The number of carbonyl (C=O) groups excluding carboxylic acids is 2. The third-order valence-corrected chi connectivity index (χ3v) is 7.21. The predicted octanol–water partition coefficient (Wildman–Crippen LogP) is 4.69. The van der Waals surface area contributed by atoms with Gasteiger partial charge in [-0.1, -0.05) is 36.4 Å². The Kier molecular flexibility index (Phi) is 4.97. The van der Waals surface area contributed by atoms with Crippen LogP contribution in [0, 0.1) is 17.5 Å². The molecule has 2 aliphatic rings. The molecule has 0 saturated carbocycles. The first-order valence-electron chi connectivity index (χ1n) is 9.99. The van der Waals surface area contributed by atoms with Crippen molar-refractivity contribution in [3.05, 3.63) is 101 Å². The fraction of sp³-hybridized carbons (Fsp3) is 0.167. The van der Waals surface area contributed by atoms with Gasteiger partial charge in [0.25, 0.3) is 11.8 Å². The first-order valence-corrected chi connectivity index (χ1v) is 11.0. The second-order valence-electron chi connectivity index (χ2n) is 7.57. The van der Waals surface area contributed by atoms with Gasteiger partial charge < -0.3 is 9.80 Å². The Balaban J connectivity index is 1.59. The van der Waals surface area contributed by atoms with E-state index in [4.69, 9.17) is 0 Å². The van der Waals surface area contributed by atoms with Crippen molar-refractivity contribution in [2.75, 3.05) is 17.2 Å². The molecule has 0 aliphatic carbocycles. The van der Waals surface area contributed by atoms with Crippen LogP contribution in [0.2, 0.25) is 0 Å². The molecule has 1 spiro atoms. The minimum atomic E-state index is -1.37. The molecule has 32 heavy (non-hydrogen) atoms. The van der Waals surface area contributed by atoms with E-state index in [1.807, 2.05) is 0 Å². The topological polar surface area (TPSA) is 40.6 Å². The molecule has 162 valence electrons. The summed E-state index contributed by atoms with van der Waals surface area (Å²) in [6, 6.07) is 15.9. The van der Waals surface area contributed by atoms with Gasteiger partial charge in [0.2, 0.25) is 0 Å². The van der Waals surface area contributed by atoms with Gasteiger partial charge in [-0.05, 0) is 24.3 Å². The van der Waals surface area contributed by atoms with E-state index in [0.717, 1.165) is 12.1 Å². The molecule has 5 rings (SSSR count). The van der Waals surface area contributed by atoms with Crippen LogP contribution in [0.3, 0.4) is 0 Å². The van der Waals surface area contributed by atoms with E-state index in [0.29, 0.717) is 17.0 Å². The third kappa shape index (κ3) is 3.01. The molecule has 2 amide bonds. The summed E-state index contributed by atoms with van der Waals surface area (Å²) >= 11 is 1.30. The Morgan fingerprint density at radius 2 is 1.72 bits per heavy atom. The van der Waals surface area contributed by atoms with Gasteiger partial charge in [-0.3, -0.25) is 9.59 Å². The lowest BCUT2D eigenvalue weighted by Crippen LogP contribution is -2.50. The number of benzene rings is 3. The highest BCUT2D eigenvalue weighted by Crippen LogP contribution is 2.54. The van der Waals surface area contributed by atoms with Gasteiger partial charge >= 0.3 is 0 Å². The maximum atomic E-state index is 14.4. The summed E-state index contributed by atoms with van der Waals surface area (Å²) in [5.41, 5.74) is 1.19. The summed E-state index contributed by atoms with van der Waals surface area (Å²) in [7, 11) is 0. The zero-order chi connectivity index (χ0) is 22.5. The number of thioether (sulfide) groups is 1. The molecule has 1 unspecified atom stereocenters. The monoisotopic (exact) mass is 454 g/mol. The first kappa shape index (κ1) is 20.6. The fourth-order valence-electron chi connectivity index (χ4n) is 4.33. The number of carbonyl (C=O) groups is 2. The van der Waals surface area contributed by atoms with Gasteiger partial charge in [0.1, 0.15) is 17.5 Å². The molecule has 1 saturated heterocycles. The lowest BCUT2D eigenvalue weighted by molar-refractivity contribution is -0.123. The highest BCUT2D eigenvalue weighted by molar-refractivity contribution is 8.01. The van der Waals surface area contributed by atoms with Crippen molar-refractivity contribution in [1.29, 1.82) is 0 Å². The van der Waals surface area contributed by atoms with Crippen LogP contribution < -0.4 is 4.90 Å². The van der Waals surface area contributed by atoms with Gasteiger partial charge in [0.15, 0.2) is 4.87 Å². The van der Waals surface area contributed by atoms with Crippen LogP contribution in [0.1, 0.15) is 21.5 Å². The normalized spacial score (nSPS) is 19.7. The van der Waals surface area contributed by atoms with Gasteiger partial charge in [-0.15, -0.1) is 11.8 Å². The summed E-state index contributed by atoms with van der Waals surface area (Å²) in [5, 5.41) is 0. The second-order valence-corrected chi connectivity index (χ2v) is 8.86. The van der Waals surface area contributed by atoms with Crippen molar-refractivity contribution in [1.82, 2.24) is 4.90 Å². The Labute approximate surface area is 186 Å². The molecule has 8 heteroatoms. The zero-order valence-electron chi connectivity index (χ0n) is 16.7. The van der Waals surface area contributed by atoms with Crippen LogP contribution in [0.4, 0.5) is 18.9 Å². The number of para-hydroxylation sites is 1. The van der Waals surface area contributed by atoms with E-state index in [-0.39, 0.29) is 24.2 Å². The molecule has 1 atom stereocenters. The summed E-state index contributed by atoms with van der Waals surface area (Å²) in [6.07, 6.45) is 0. The van der Waals surface area contributed by atoms with Crippen molar-refractivity contribution in [2.24, 2.45) is 0 Å². The van der Waals surface area contributed by atoms with Crippen LogP contribution in [-0.4, -0.2) is 29.0 Å². The minimum Gasteiger partial charge on any atom is -0.311 e. The molecule has 2 heterocycles. The number of hydrogen-bond donors (Lipinski definition) is 0. The highest BCUT2D eigenvalue weighted by Gasteiger charge is 2.59. The minimum absolute atomic E-state index is 0.109. The number of hydrogen-bond acceptors (Lipinski definition) is 3. The SMILES string of the molecule is O=C(c1ccccc1F)N1CCSC12C(=O)N(Cc1ccc(F)cc1F)c1ccccc12. The van der Waals surface area contributed by atoms with Crippen LogP contribution >= 0.6 is 11.8 Å². The van der Waals surface area contributed by atoms with Crippen molar-refractivity contribution in [3.63, 3.8) is 0 Å². The molecule has 0 bridgehead atoms. The fourth-order valence-corrected chi connectivity index (χ4v) is 5.79. The number of fused-ring (bicyclic) bond motifs is 2. The summed E-state index contributed by atoms with van der Waals surface area (Å²) in [5.74, 6) is -2.62. The number of halogens is 3. The van der Waals surface area contributed by atoms with Crippen LogP contribution in [0.25, 0.3) is 0 Å². The van der Waals surface area contributed by atoms with E-state index in [1.54, 1.807) is 30.3 Å². The molecule has 3 aromatic rings. The van der Waals surface area contributed by atoms with Crippen LogP contribution in [-0.2, 0) is 16.2 Å². The highest BCUT2D eigenvalue weighted by atomic mass is 32.2. The van der Waals surface area contributed by atoms with Crippen LogP contribution in [0.5, 0.6) is 0 Å². The van der Waals surface area contributed by atoms with Crippen molar-refractivity contribution in [3.8, 4) is 0 Å². The van der Waals surface area contributed by atoms with Gasteiger partial charge in [0.05, 0.1) is 17.8 Å². The molecule has 0 N–H and O–H groups in total. The van der Waals surface area contributed by atoms with Gasteiger partial charge in [0, 0.05) is 29.5 Å². The number of rotatable bonds is 3. The van der Waals surface area contributed by atoms with Crippen LogP contribution in [0.15, 0.2) is 66.7 Å². The standard InChI is InChI=1S/C24H17F3N2O2S/c25-16-10-9-15(20(27)13-16)14-28-21-8-4-2-6-18(21)24(23(28)31)29(11-12-32-24)22(30)17-5-1-3-7-19(17)26/h1-10,13H,11-12,14H2. The number of anilines is 1. The summed E-state index contributed by atoms with van der Waals surface area (Å²) < 4.78 is 42.1. The lowest BCUT2D eigenvalue weighted by Gasteiger charge is -2.33. The molecule has 3 aromatic carbocycles. The van der Waals surface area contributed by atoms with Crippen molar-refractivity contribution < 1.29 is 22.8 Å². The molecular weight excluding hydrogens is 437 g/mol. The first-order chi connectivity index (χ1) is 15.4. The lowest BCUT2D eigenvalue weighted by atomic mass is 10.0. The largest absolute Gasteiger partial charge is 0.311 e. The summed E-state index contributed by atoms with van der Waals surface area (Å²) in [6.45, 7) is 0.142. The quantitative estimate of drug-likeness (QED) is 0.577. The average molecular weight is 454 g/mol. The molecular formula is C24H17F3N2O2S. The molecule has 0 radical (unpaired) electrons. The third-order valence-electron chi connectivity index (χ3n) is 5.79. The molecule has 4 nitrogen and oxygen atoms in total. The molecule has 0 aromatic heterocycles. The van der Waals surface area contributed by atoms with Gasteiger partial charge in [-0.2, -0.15) is 0 Å². The van der Waals surface area contributed by atoms with E-state index >= 15 is 0 Å². The van der Waals surface area contributed by atoms with E-state index in [2.05, 4.69) is 0 Å². The maximum absolute atomic E-state index is 14.4. The van der Waals surface area contributed by atoms with E-state index in [1.165, 1.54) is 45.8 Å². The Morgan fingerprint density at radius 1 is 0.969 bits per heavy atom. The molecule has 1 fully saturated rings. The van der Waals surface area contributed by atoms with Gasteiger partial charge in [-0.25, -0.2) is 13.2 Å². The van der Waals surface area contributed by atoms with E-state index in [9.17, 15) is 22.8 Å². The average Bonchev–Trinajstić information content (AvgIpc) is 3.32. The Bertz CT molecular complexity index is 1250. The Hall–Kier alpha value is -3.26. The number of nitrogens with zero attached hydrogens (tertiary/aromatic N) is 2. The van der Waals surface area contributed by atoms with E-state index < -0.39 is 34.1 Å². The summed E-state index contributed by atoms with van der Waals surface area (Å²) in [4.78, 5) is 28.6. The van der Waals surface area contributed by atoms with Crippen molar-refractivity contribution in [2.45, 2.75) is 11.4 Å². The molecule has 2 aliphatic heterocycles. The zero-order valence-corrected chi connectivity index (χ0v) is 17.5. The number of amides is 2.